The maximum absolute atomic E-state index is 12.8. The fourth-order valence-corrected chi connectivity index (χ4v) is 4.54. The number of carboxylic acid groups (broad SMARTS) is 1. The maximum Gasteiger partial charge on any atom is 0.303 e. The molecule has 192 valence electrons. The van der Waals surface area contributed by atoms with Crippen LogP contribution < -0.4 is 10.1 Å². The largest absolute Gasteiger partial charge is 0.490 e. The zero-order valence-electron chi connectivity index (χ0n) is 20.9. The van der Waals surface area contributed by atoms with E-state index in [1.54, 1.807) is 25.3 Å². The number of aliphatic carboxylic acids is 1. The third-order valence-corrected chi connectivity index (χ3v) is 6.67. The van der Waals surface area contributed by atoms with Crippen molar-refractivity contribution in [3.05, 3.63) is 59.2 Å². The third kappa shape index (κ3) is 6.83. The second-order valence-electron chi connectivity index (χ2n) is 9.40. The monoisotopic (exact) mass is 494 g/mol. The number of methoxy groups -OCH3 is 1. The minimum absolute atomic E-state index is 0.0227. The first-order valence-electron chi connectivity index (χ1n) is 12.3. The molecule has 9 nitrogen and oxygen atoms in total. The van der Waals surface area contributed by atoms with Gasteiger partial charge in [0.15, 0.2) is 0 Å². The highest BCUT2D eigenvalue weighted by atomic mass is 16.5. The summed E-state index contributed by atoms with van der Waals surface area (Å²) < 4.78 is 11.3. The molecule has 1 saturated heterocycles. The Morgan fingerprint density at radius 1 is 1.17 bits per heavy atom. The number of amides is 1. The van der Waals surface area contributed by atoms with E-state index in [1.807, 2.05) is 30.5 Å². The second kappa shape index (κ2) is 12.0. The summed E-state index contributed by atoms with van der Waals surface area (Å²) in [6.45, 7) is 4.32. The van der Waals surface area contributed by atoms with E-state index in [9.17, 15) is 14.7 Å². The van der Waals surface area contributed by atoms with Crippen molar-refractivity contribution >= 4 is 23.8 Å². The van der Waals surface area contributed by atoms with Gasteiger partial charge in [-0.1, -0.05) is 12.1 Å². The van der Waals surface area contributed by atoms with Crippen LogP contribution >= 0.6 is 0 Å². The Hall–Kier alpha value is -3.43. The maximum atomic E-state index is 12.8. The first-order valence-corrected chi connectivity index (χ1v) is 12.3. The number of anilines is 1. The topological polar surface area (TPSA) is 104 Å². The van der Waals surface area contributed by atoms with Gasteiger partial charge in [0.1, 0.15) is 11.9 Å². The number of hydrazone groups is 1. The number of rotatable bonds is 9. The van der Waals surface area contributed by atoms with Crippen molar-refractivity contribution in [2.24, 2.45) is 11.0 Å². The molecule has 0 spiro atoms. The number of hydrogen-bond acceptors (Lipinski definition) is 7. The Bertz CT molecular complexity index is 1080. The number of likely N-dealkylation sites (N-methyl/N-ethyl adjacent to an activating group) is 1. The highest BCUT2D eigenvalue weighted by Crippen LogP contribution is 2.35. The summed E-state index contributed by atoms with van der Waals surface area (Å²) in [5, 5.41) is 18.9. The first kappa shape index (κ1) is 25.7. The molecule has 36 heavy (non-hydrogen) atoms. The molecule has 0 saturated carbocycles. The van der Waals surface area contributed by atoms with E-state index in [4.69, 9.17) is 9.47 Å². The van der Waals surface area contributed by atoms with Gasteiger partial charge < -0.3 is 24.8 Å². The summed E-state index contributed by atoms with van der Waals surface area (Å²) in [6.07, 6.45) is 2.83. The molecule has 1 fully saturated rings. The van der Waals surface area contributed by atoms with Gasteiger partial charge in [-0.3, -0.25) is 14.6 Å². The van der Waals surface area contributed by atoms with E-state index in [2.05, 4.69) is 27.4 Å². The molecule has 2 heterocycles. The van der Waals surface area contributed by atoms with Crippen molar-refractivity contribution < 1.29 is 24.2 Å². The number of hydrogen-bond donors (Lipinski definition) is 2. The zero-order valence-corrected chi connectivity index (χ0v) is 20.9. The van der Waals surface area contributed by atoms with Crippen LogP contribution in [0.3, 0.4) is 0 Å². The van der Waals surface area contributed by atoms with Crippen LogP contribution in [0.5, 0.6) is 5.75 Å². The number of nitrogens with one attached hydrogen (secondary N) is 1. The van der Waals surface area contributed by atoms with E-state index < -0.39 is 5.97 Å². The van der Waals surface area contributed by atoms with Crippen molar-refractivity contribution in [2.45, 2.75) is 25.4 Å². The van der Waals surface area contributed by atoms with E-state index in [1.165, 1.54) is 0 Å². The smallest absolute Gasteiger partial charge is 0.303 e. The molecule has 0 aliphatic carbocycles. The summed E-state index contributed by atoms with van der Waals surface area (Å²) in [5.74, 6) is -0.499. The van der Waals surface area contributed by atoms with Gasteiger partial charge in [0, 0.05) is 63.5 Å². The van der Waals surface area contributed by atoms with Crippen LogP contribution in [0.2, 0.25) is 0 Å². The van der Waals surface area contributed by atoms with Crippen molar-refractivity contribution in [1.82, 2.24) is 9.91 Å². The average molecular weight is 495 g/mol. The Morgan fingerprint density at radius 3 is 2.61 bits per heavy atom. The molecule has 9 heteroatoms. The molecule has 0 bridgehead atoms. The molecule has 0 aromatic heterocycles. The summed E-state index contributed by atoms with van der Waals surface area (Å²) in [7, 11) is 3.73. The number of fused-ring (bicyclic) bond motifs is 1. The van der Waals surface area contributed by atoms with Gasteiger partial charge in [-0.2, -0.15) is 5.10 Å². The SMILES string of the molecule is COCCC1Oc2ccc(NC(=O)c3ccc(C=NN4CCN(C)CC4)cc3)cc2CC1CC(=O)O. The van der Waals surface area contributed by atoms with Crippen LogP contribution in [0.4, 0.5) is 5.69 Å². The van der Waals surface area contributed by atoms with Gasteiger partial charge in [-0.05, 0) is 54.9 Å². The van der Waals surface area contributed by atoms with Crippen LogP contribution in [0, 0.1) is 5.92 Å². The van der Waals surface area contributed by atoms with Crippen molar-refractivity contribution in [3.8, 4) is 5.75 Å². The van der Waals surface area contributed by atoms with Gasteiger partial charge in [-0.15, -0.1) is 0 Å². The van der Waals surface area contributed by atoms with Crippen LogP contribution in [0.25, 0.3) is 0 Å². The number of piperazine rings is 1. The summed E-state index contributed by atoms with van der Waals surface area (Å²) in [4.78, 5) is 26.5. The highest BCUT2D eigenvalue weighted by molar-refractivity contribution is 6.04. The third-order valence-electron chi connectivity index (χ3n) is 6.67. The van der Waals surface area contributed by atoms with E-state index >= 15 is 0 Å². The fraction of sp³-hybridized carbons (Fsp3) is 0.444. The number of ether oxygens (including phenoxy) is 2. The molecule has 2 aromatic rings. The Labute approximate surface area is 211 Å². The van der Waals surface area contributed by atoms with E-state index in [0.717, 1.165) is 43.1 Å². The lowest BCUT2D eigenvalue weighted by molar-refractivity contribution is -0.139. The van der Waals surface area contributed by atoms with Gasteiger partial charge in [0.2, 0.25) is 0 Å². The summed E-state index contributed by atoms with van der Waals surface area (Å²) in [5.41, 5.74) is 3.02. The van der Waals surface area contributed by atoms with Gasteiger partial charge in [0.05, 0.1) is 12.6 Å². The van der Waals surface area contributed by atoms with Gasteiger partial charge >= 0.3 is 5.97 Å². The number of carboxylic acids is 1. The predicted molar refractivity (Wildman–Crippen MR) is 138 cm³/mol. The average Bonchev–Trinajstić information content (AvgIpc) is 2.87. The number of benzene rings is 2. The molecule has 0 radical (unpaired) electrons. The molecule has 4 rings (SSSR count). The molecule has 2 aromatic carbocycles. The normalized spacial score (nSPS) is 20.1. The molecule has 1 amide bonds. The van der Waals surface area contributed by atoms with Crippen LogP contribution in [-0.2, 0) is 16.0 Å². The number of nitrogens with zero attached hydrogens (tertiary/aromatic N) is 3. The van der Waals surface area contributed by atoms with Gasteiger partial charge in [-0.25, -0.2) is 0 Å². The van der Waals surface area contributed by atoms with Gasteiger partial charge in [0.25, 0.3) is 5.91 Å². The van der Waals surface area contributed by atoms with Crippen LogP contribution in [-0.4, -0.2) is 86.2 Å². The van der Waals surface area contributed by atoms with Crippen molar-refractivity contribution in [1.29, 1.82) is 0 Å². The molecular weight excluding hydrogens is 460 g/mol. The number of carbonyl (C=O) groups excluding carboxylic acids is 1. The minimum atomic E-state index is -0.851. The fourth-order valence-electron chi connectivity index (χ4n) is 4.54. The molecule has 2 N–H and O–H groups in total. The van der Waals surface area contributed by atoms with E-state index in [0.29, 0.717) is 30.7 Å². The Morgan fingerprint density at radius 2 is 1.92 bits per heavy atom. The predicted octanol–water partition coefficient (Wildman–Crippen LogP) is 2.95. The first-order chi connectivity index (χ1) is 17.4. The molecule has 2 aliphatic rings. The Balaban J connectivity index is 1.38. The molecule has 2 aliphatic heterocycles. The molecular formula is C27H34N4O5. The van der Waals surface area contributed by atoms with Crippen LogP contribution in [0.1, 0.15) is 34.3 Å². The summed E-state index contributed by atoms with van der Waals surface area (Å²) in [6, 6.07) is 12.8. The molecule has 2 atom stereocenters. The second-order valence-corrected chi connectivity index (χ2v) is 9.40. The van der Waals surface area contributed by atoms with E-state index in [-0.39, 0.29) is 24.3 Å². The number of carbonyl (C=O) groups is 2. The van der Waals surface area contributed by atoms with Crippen molar-refractivity contribution in [3.63, 3.8) is 0 Å². The minimum Gasteiger partial charge on any atom is -0.490 e. The lowest BCUT2D eigenvalue weighted by Gasteiger charge is -2.33. The summed E-state index contributed by atoms with van der Waals surface area (Å²) >= 11 is 0. The zero-order chi connectivity index (χ0) is 25.5. The lowest BCUT2D eigenvalue weighted by atomic mass is 9.86. The quantitative estimate of drug-likeness (QED) is 0.517. The lowest BCUT2D eigenvalue weighted by Crippen LogP contribution is -2.41. The van der Waals surface area contributed by atoms with Crippen molar-refractivity contribution in [2.75, 3.05) is 52.3 Å². The Kier molecular flexibility index (Phi) is 8.56. The highest BCUT2D eigenvalue weighted by Gasteiger charge is 2.31. The van der Waals surface area contributed by atoms with Crippen LogP contribution in [0.15, 0.2) is 47.6 Å². The standard InChI is InChI=1S/C27H34N4O5/c1-30-10-12-31(13-11-30)28-18-19-3-5-20(6-4-19)27(34)29-23-7-8-24-21(16-23)15-22(17-26(32)33)25(36-24)9-14-35-2/h3-8,16,18,22,25H,9-15,17H2,1-2H3,(H,29,34)(H,32,33). The molecule has 2 unspecified atom stereocenters.